The Morgan fingerprint density at radius 2 is 1.85 bits per heavy atom. The van der Waals surface area contributed by atoms with Crippen LogP contribution in [0.3, 0.4) is 0 Å². The highest BCUT2D eigenvalue weighted by Crippen LogP contribution is 2.36. The number of rotatable bonds is 6. The molecule has 1 saturated carbocycles. The second-order valence-corrected chi connectivity index (χ2v) is 13.0. The molecule has 3 aromatic heterocycles. The van der Waals surface area contributed by atoms with Gasteiger partial charge >= 0.3 is 6.09 Å². The summed E-state index contributed by atoms with van der Waals surface area (Å²) in [5.41, 5.74) is 2.21. The van der Waals surface area contributed by atoms with E-state index in [2.05, 4.69) is 24.8 Å². The van der Waals surface area contributed by atoms with Crippen LogP contribution in [0.5, 0.6) is 0 Å². The lowest BCUT2D eigenvalue weighted by Gasteiger charge is -2.30. The molecule has 1 N–H and O–H groups in total. The van der Waals surface area contributed by atoms with Crippen molar-refractivity contribution in [3.05, 3.63) is 59.2 Å². The lowest BCUT2D eigenvalue weighted by molar-refractivity contribution is -0.133. The molecule has 242 valence electrons. The Balaban J connectivity index is 1.17. The number of ether oxygens (including phenoxy) is 1. The van der Waals surface area contributed by atoms with Crippen molar-refractivity contribution in [3.8, 4) is 11.3 Å². The molecule has 6 rings (SSSR count). The predicted molar refractivity (Wildman–Crippen MR) is 168 cm³/mol. The number of hydrogen-bond donors (Lipinski definition) is 1. The van der Waals surface area contributed by atoms with Crippen molar-refractivity contribution in [2.75, 3.05) is 25.5 Å². The van der Waals surface area contributed by atoms with Crippen LogP contribution < -0.4 is 5.32 Å². The van der Waals surface area contributed by atoms with Gasteiger partial charge in [0.15, 0.2) is 11.6 Å². The first-order chi connectivity index (χ1) is 21.9. The van der Waals surface area contributed by atoms with Crippen LogP contribution in [-0.2, 0) is 22.5 Å². The molecule has 4 aromatic rings. The highest BCUT2D eigenvalue weighted by atomic mass is 19.1. The molecule has 2 amide bonds. The number of carbonyl (C=O) groups excluding carboxylic acids is 2. The largest absolute Gasteiger partial charge is 0.444 e. The van der Waals surface area contributed by atoms with Crippen molar-refractivity contribution in [2.24, 2.45) is 0 Å². The second-order valence-electron chi connectivity index (χ2n) is 13.0. The quantitative estimate of drug-likeness (QED) is 0.272. The van der Waals surface area contributed by atoms with E-state index in [1.165, 1.54) is 18.0 Å². The molecule has 46 heavy (non-hydrogen) atoms. The first-order valence-electron chi connectivity index (χ1n) is 15.5. The molecule has 0 unspecified atom stereocenters. The lowest BCUT2D eigenvalue weighted by Crippen LogP contribution is -2.44. The number of halogens is 2. The molecule has 1 aliphatic carbocycles. The van der Waals surface area contributed by atoms with E-state index in [1.54, 1.807) is 37.8 Å². The minimum atomic E-state index is -0.673. The maximum absolute atomic E-state index is 15.3. The van der Waals surface area contributed by atoms with Crippen molar-refractivity contribution in [1.82, 2.24) is 34.3 Å². The number of fused-ring (bicyclic) bond motifs is 2. The molecule has 1 aromatic carbocycles. The van der Waals surface area contributed by atoms with E-state index >= 15 is 8.78 Å². The van der Waals surface area contributed by atoms with Crippen molar-refractivity contribution in [1.29, 1.82) is 0 Å². The summed E-state index contributed by atoms with van der Waals surface area (Å²) in [6.45, 7) is 7.88. The number of aryl methyl sites for hydroxylation is 1. The Morgan fingerprint density at radius 3 is 2.59 bits per heavy atom. The number of carbonyl (C=O) groups is 2. The van der Waals surface area contributed by atoms with Crippen LogP contribution >= 0.6 is 0 Å². The molecule has 4 heterocycles. The van der Waals surface area contributed by atoms with Gasteiger partial charge in [-0.15, -0.1) is 0 Å². The molecule has 2 aliphatic rings. The smallest absolute Gasteiger partial charge is 0.410 e. The Bertz CT molecular complexity index is 1810. The number of likely N-dealkylation sites (N-methyl/N-ethyl adjacent to an activating group) is 1. The lowest BCUT2D eigenvalue weighted by atomic mass is 10.1. The average Bonchev–Trinajstić information content (AvgIpc) is 3.64. The van der Waals surface area contributed by atoms with Crippen LogP contribution in [0.15, 0.2) is 30.5 Å². The Morgan fingerprint density at radius 1 is 1.09 bits per heavy atom. The van der Waals surface area contributed by atoms with Crippen LogP contribution in [0.25, 0.3) is 22.3 Å². The number of imidazole rings is 1. The molecule has 1 fully saturated rings. The van der Waals surface area contributed by atoms with Gasteiger partial charge in [-0.3, -0.25) is 4.79 Å². The van der Waals surface area contributed by atoms with E-state index in [0.717, 1.165) is 49.0 Å². The summed E-state index contributed by atoms with van der Waals surface area (Å²) in [6, 6.07) is 6.86. The van der Waals surface area contributed by atoms with Crippen LogP contribution in [0.2, 0.25) is 0 Å². The first kappa shape index (κ1) is 31.3. The van der Waals surface area contributed by atoms with E-state index in [0.29, 0.717) is 36.4 Å². The fourth-order valence-corrected chi connectivity index (χ4v) is 6.18. The van der Waals surface area contributed by atoms with E-state index in [9.17, 15) is 9.59 Å². The van der Waals surface area contributed by atoms with Gasteiger partial charge in [-0.2, -0.15) is 0 Å². The van der Waals surface area contributed by atoms with E-state index < -0.39 is 23.3 Å². The van der Waals surface area contributed by atoms with Crippen LogP contribution in [0.4, 0.5) is 25.3 Å². The highest BCUT2D eigenvalue weighted by molar-refractivity contribution is 5.83. The summed E-state index contributed by atoms with van der Waals surface area (Å²) >= 11 is 0. The summed E-state index contributed by atoms with van der Waals surface area (Å²) in [7, 11) is 1.54. The molecule has 1 aliphatic heterocycles. The first-order valence-corrected chi connectivity index (χ1v) is 15.5. The summed E-state index contributed by atoms with van der Waals surface area (Å²) in [5.74, 6) is -0.0827. The zero-order valence-corrected chi connectivity index (χ0v) is 26.7. The van der Waals surface area contributed by atoms with E-state index in [4.69, 9.17) is 9.72 Å². The fourth-order valence-electron chi connectivity index (χ4n) is 6.18. The minimum absolute atomic E-state index is 0.0291. The zero-order valence-electron chi connectivity index (χ0n) is 26.7. The predicted octanol–water partition coefficient (Wildman–Crippen LogP) is 6.09. The van der Waals surface area contributed by atoms with Crippen LogP contribution in [0.1, 0.15) is 69.6 Å². The molecule has 13 heteroatoms. The number of benzene rings is 1. The van der Waals surface area contributed by atoms with Crippen molar-refractivity contribution >= 4 is 34.8 Å². The van der Waals surface area contributed by atoms with Gasteiger partial charge in [0.1, 0.15) is 35.0 Å². The van der Waals surface area contributed by atoms with Crippen LogP contribution in [-0.4, -0.2) is 72.0 Å². The molecule has 0 spiro atoms. The number of nitrogens with one attached hydrogen (secondary N) is 1. The third kappa shape index (κ3) is 6.49. The maximum Gasteiger partial charge on any atom is 0.410 e. The maximum atomic E-state index is 15.3. The van der Waals surface area contributed by atoms with Gasteiger partial charge in [0.05, 0.1) is 11.7 Å². The summed E-state index contributed by atoms with van der Waals surface area (Å²) in [4.78, 5) is 45.8. The minimum Gasteiger partial charge on any atom is -0.444 e. The zero-order chi connectivity index (χ0) is 32.7. The Hall–Kier alpha value is -4.68. The summed E-state index contributed by atoms with van der Waals surface area (Å²) < 4.78 is 37.8. The molecular weight excluding hydrogens is 594 g/mol. The van der Waals surface area contributed by atoms with Gasteiger partial charge in [-0.25, -0.2) is 33.5 Å². The van der Waals surface area contributed by atoms with Gasteiger partial charge in [-0.05, 0) is 64.3 Å². The van der Waals surface area contributed by atoms with Gasteiger partial charge in [0.2, 0.25) is 11.9 Å². The van der Waals surface area contributed by atoms with Crippen molar-refractivity contribution < 1.29 is 23.1 Å². The molecular formula is C33H38F2N8O3. The number of hydrogen-bond acceptors (Lipinski definition) is 8. The molecule has 0 radical (unpaired) electrons. The van der Waals surface area contributed by atoms with Gasteiger partial charge in [0.25, 0.3) is 0 Å². The third-order valence-corrected chi connectivity index (χ3v) is 8.35. The third-order valence-electron chi connectivity index (χ3n) is 8.35. The topological polar surface area (TPSA) is 118 Å². The normalized spacial score (nSPS) is 15.2. The fraction of sp³-hybridized carbons (Fsp3) is 0.455. The Labute approximate surface area is 266 Å². The van der Waals surface area contributed by atoms with Gasteiger partial charge < -0.3 is 24.4 Å². The number of nitrogens with zero attached hydrogens (tertiary/aromatic N) is 7. The number of pyridine rings is 1. The second kappa shape index (κ2) is 12.3. The summed E-state index contributed by atoms with van der Waals surface area (Å²) in [5, 5.41) is 3.04. The van der Waals surface area contributed by atoms with Gasteiger partial charge in [0, 0.05) is 43.9 Å². The van der Waals surface area contributed by atoms with Crippen molar-refractivity contribution in [3.63, 3.8) is 0 Å². The molecule has 0 bridgehead atoms. The van der Waals surface area contributed by atoms with Crippen molar-refractivity contribution in [2.45, 2.75) is 78.0 Å². The van der Waals surface area contributed by atoms with E-state index in [1.807, 2.05) is 13.0 Å². The molecule has 0 saturated heterocycles. The SMILES string of the molecule is Cc1nc2c(F)cc(-c3nc(Nc4ccc5c(n4)CCN(C(=O)CN(C)C(=O)OC(C)(C)C)C5)ncc3F)cc2n1C1CCCC1. The average molecular weight is 633 g/mol. The highest BCUT2D eigenvalue weighted by Gasteiger charge is 2.27. The number of anilines is 2. The summed E-state index contributed by atoms with van der Waals surface area (Å²) in [6.07, 6.45) is 5.24. The van der Waals surface area contributed by atoms with Gasteiger partial charge in [-0.1, -0.05) is 18.9 Å². The molecule has 11 nitrogen and oxygen atoms in total. The molecule has 0 atom stereocenters. The van der Waals surface area contributed by atoms with Crippen LogP contribution in [0, 0.1) is 18.6 Å². The number of amides is 2. The monoisotopic (exact) mass is 632 g/mol. The van der Waals surface area contributed by atoms with E-state index in [-0.39, 0.29) is 35.7 Å². The standard InChI is InChI=1S/C33H38F2N8O3/c1-19-37-30-23(34)14-21(15-26(30)43(19)22-8-6-7-9-22)29-24(35)16-36-31(40-29)39-27-11-10-20-17-42(13-12-25(20)38-27)28(44)18-41(5)32(45)46-33(2,3)4/h10-11,14-16,22H,6-9,12-13,17-18H2,1-5H3,(H,36,38,39,40). The number of aromatic nitrogens is 5. The Kier molecular flexibility index (Phi) is 8.34.